The SMILES string of the molecule is CN1CCCC1CCN=C=Nc1cccnc1. The van der Waals surface area contributed by atoms with E-state index in [2.05, 4.69) is 32.9 Å². The van der Waals surface area contributed by atoms with Gasteiger partial charge in [0.15, 0.2) is 0 Å². The van der Waals surface area contributed by atoms with Crippen LogP contribution < -0.4 is 0 Å². The van der Waals surface area contributed by atoms with Crippen LogP contribution in [0.2, 0.25) is 0 Å². The average Bonchev–Trinajstić information content (AvgIpc) is 2.76. The van der Waals surface area contributed by atoms with Crippen LogP contribution in [-0.2, 0) is 0 Å². The Hall–Kier alpha value is -1.51. The molecule has 2 rings (SSSR count). The quantitative estimate of drug-likeness (QED) is 0.745. The number of aliphatic imine (C=N–C) groups is 2. The number of nitrogens with zero attached hydrogens (tertiary/aromatic N) is 4. The molecule has 0 N–H and O–H groups in total. The molecule has 0 amide bonds. The van der Waals surface area contributed by atoms with E-state index in [1.54, 1.807) is 12.4 Å². The zero-order valence-corrected chi connectivity index (χ0v) is 10.2. The van der Waals surface area contributed by atoms with Crippen LogP contribution in [-0.4, -0.2) is 42.1 Å². The summed E-state index contributed by atoms with van der Waals surface area (Å²) in [5.74, 6) is 0. The van der Waals surface area contributed by atoms with Crippen molar-refractivity contribution in [3.63, 3.8) is 0 Å². The third kappa shape index (κ3) is 3.77. The highest BCUT2D eigenvalue weighted by molar-refractivity contribution is 5.50. The van der Waals surface area contributed by atoms with Crippen molar-refractivity contribution in [2.75, 3.05) is 20.1 Å². The van der Waals surface area contributed by atoms with E-state index in [1.807, 2.05) is 12.1 Å². The molecule has 1 aromatic rings. The van der Waals surface area contributed by atoms with Gasteiger partial charge in [0.2, 0.25) is 0 Å². The van der Waals surface area contributed by atoms with Crippen molar-refractivity contribution in [2.24, 2.45) is 9.98 Å². The molecule has 0 spiro atoms. The molecule has 0 radical (unpaired) electrons. The van der Waals surface area contributed by atoms with Crippen LogP contribution in [0, 0.1) is 0 Å². The molecule has 1 saturated heterocycles. The van der Waals surface area contributed by atoms with Crippen LogP contribution in [0.3, 0.4) is 0 Å². The minimum absolute atomic E-state index is 0.693. The maximum Gasteiger partial charge on any atom is 0.0949 e. The van der Waals surface area contributed by atoms with Crippen LogP contribution in [0.5, 0.6) is 0 Å². The van der Waals surface area contributed by atoms with Gasteiger partial charge in [-0.05, 0) is 45.0 Å². The lowest BCUT2D eigenvalue weighted by molar-refractivity contribution is 0.300. The number of likely N-dealkylation sites (tertiary alicyclic amines) is 1. The first-order valence-electron chi connectivity index (χ1n) is 6.09. The summed E-state index contributed by atoms with van der Waals surface area (Å²) in [6, 6.07) is 7.17. The minimum atomic E-state index is 0.693. The van der Waals surface area contributed by atoms with Gasteiger partial charge in [0.25, 0.3) is 0 Å². The van der Waals surface area contributed by atoms with Crippen molar-refractivity contribution < 1.29 is 0 Å². The molecule has 1 aromatic heterocycles. The van der Waals surface area contributed by atoms with Gasteiger partial charge < -0.3 is 4.90 Å². The molecule has 1 atom stereocenters. The highest BCUT2D eigenvalue weighted by Gasteiger charge is 2.19. The Kier molecular flexibility index (Phi) is 4.42. The van der Waals surface area contributed by atoms with Crippen LogP contribution in [0.1, 0.15) is 19.3 Å². The van der Waals surface area contributed by atoms with E-state index in [0.717, 1.165) is 18.7 Å². The summed E-state index contributed by atoms with van der Waals surface area (Å²) in [7, 11) is 2.19. The fourth-order valence-electron chi connectivity index (χ4n) is 2.12. The second-order valence-electron chi connectivity index (χ2n) is 4.37. The van der Waals surface area contributed by atoms with E-state index in [0.29, 0.717) is 6.04 Å². The van der Waals surface area contributed by atoms with Gasteiger partial charge in [0.1, 0.15) is 0 Å². The molecule has 2 heterocycles. The lowest BCUT2D eigenvalue weighted by atomic mass is 10.1. The van der Waals surface area contributed by atoms with E-state index in [4.69, 9.17) is 0 Å². The van der Waals surface area contributed by atoms with Crippen molar-refractivity contribution >= 4 is 11.7 Å². The maximum atomic E-state index is 4.19. The third-order valence-corrected chi connectivity index (χ3v) is 3.14. The fraction of sp³-hybridized carbons (Fsp3) is 0.538. The van der Waals surface area contributed by atoms with Gasteiger partial charge >= 0.3 is 0 Å². The zero-order chi connectivity index (χ0) is 11.9. The maximum absolute atomic E-state index is 4.19. The number of hydrogen-bond donors (Lipinski definition) is 0. The Morgan fingerprint density at radius 1 is 1.59 bits per heavy atom. The van der Waals surface area contributed by atoms with Gasteiger partial charge in [0, 0.05) is 12.2 Å². The molecule has 0 saturated carbocycles. The Labute approximate surface area is 102 Å². The van der Waals surface area contributed by atoms with E-state index in [-0.39, 0.29) is 0 Å². The molecule has 0 aromatic carbocycles. The standard InChI is InChI=1S/C13H18N4/c1-17-9-3-5-13(17)6-8-15-11-16-12-4-2-7-14-10-12/h2,4,7,10,13H,3,5-6,8-9H2,1H3. The van der Waals surface area contributed by atoms with Gasteiger partial charge in [-0.2, -0.15) is 4.99 Å². The first kappa shape index (κ1) is 12.0. The average molecular weight is 230 g/mol. The highest BCUT2D eigenvalue weighted by atomic mass is 15.1. The van der Waals surface area contributed by atoms with Crippen LogP contribution >= 0.6 is 0 Å². The smallest absolute Gasteiger partial charge is 0.0949 e. The molecular weight excluding hydrogens is 212 g/mol. The number of pyridine rings is 1. The lowest BCUT2D eigenvalue weighted by Crippen LogP contribution is -2.25. The molecule has 4 nitrogen and oxygen atoms in total. The lowest BCUT2D eigenvalue weighted by Gasteiger charge is -2.17. The van der Waals surface area contributed by atoms with E-state index >= 15 is 0 Å². The molecule has 1 aliphatic rings. The first-order chi connectivity index (χ1) is 8.36. The molecule has 1 fully saturated rings. The second kappa shape index (κ2) is 6.28. The molecule has 4 heteroatoms. The van der Waals surface area contributed by atoms with Crippen LogP contribution in [0.25, 0.3) is 0 Å². The summed E-state index contributed by atoms with van der Waals surface area (Å²) in [5.41, 5.74) is 0.800. The zero-order valence-electron chi connectivity index (χ0n) is 10.2. The summed E-state index contributed by atoms with van der Waals surface area (Å²) < 4.78 is 0. The predicted molar refractivity (Wildman–Crippen MR) is 68.9 cm³/mol. The Morgan fingerprint density at radius 3 is 3.24 bits per heavy atom. The molecule has 90 valence electrons. The van der Waals surface area contributed by atoms with Crippen molar-refractivity contribution in [1.29, 1.82) is 0 Å². The van der Waals surface area contributed by atoms with Crippen LogP contribution in [0.4, 0.5) is 5.69 Å². The van der Waals surface area contributed by atoms with Gasteiger partial charge in [-0.1, -0.05) is 0 Å². The molecule has 1 unspecified atom stereocenters. The molecule has 0 aliphatic carbocycles. The number of rotatable bonds is 4. The fourth-order valence-corrected chi connectivity index (χ4v) is 2.12. The van der Waals surface area contributed by atoms with Crippen LogP contribution in [0.15, 0.2) is 34.5 Å². The van der Waals surface area contributed by atoms with Crippen molar-refractivity contribution in [3.05, 3.63) is 24.5 Å². The predicted octanol–water partition coefficient (Wildman–Crippen LogP) is 2.37. The van der Waals surface area contributed by atoms with Crippen molar-refractivity contribution in [2.45, 2.75) is 25.3 Å². The van der Waals surface area contributed by atoms with Gasteiger partial charge in [0.05, 0.1) is 24.4 Å². The largest absolute Gasteiger partial charge is 0.303 e. The summed E-state index contributed by atoms with van der Waals surface area (Å²) in [6.45, 7) is 2.02. The van der Waals surface area contributed by atoms with E-state index in [1.165, 1.54) is 19.4 Å². The molecule has 0 bridgehead atoms. The van der Waals surface area contributed by atoms with Crippen molar-refractivity contribution in [1.82, 2.24) is 9.88 Å². The highest BCUT2D eigenvalue weighted by Crippen LogP contribution is 2.17. The monoisotopic (exact) mass is 230 g/mol. The number of aromatic nitrogens is 1. The Bertz CT molecular complexity index is 395. The molecule has 17 heavy (non-hydrogen) atoms. The van der Waals surface area contributed by atoms with E-state index < -0.39 is 0 Å². The summed E-state index contributed by atoms with van der Waals surface area (Å²) >= 11 is 0. The Morgan fingerprint density at radius 2 is 2.53 bits per heavy atom. The molecule has 1 aliphatic heterocycles. The number of hydrogen-bond acceptors (Lipinski definition) is 4. The Balaban J connectivity index is 1.76. The summed E-state index contributed by atoms with van der Waals surface area (Å²) in [5, 5.41) is 0. The van der Waals surface area contributed by atoms with E-state index in [9.17, 15) is 0 Å². The van der Waals surface area contributed by atoms with Gasteiger partial charge in [-0.15, -0.1) is 0 Å². The molecular formula is C13H18N4. The topological polar surface area (TPSA) is 40.9 Å². The van der Waals surface area contributed by atoms with Gasteiger partial charge in [-0.25, -0.2) is 4.99 Å². The normalized spacial score (nSPS) is 19.9. The van der Waals surface area contributed by atoms with Gasteiger partial charge in [-0.3, -0.25) is 4.98 Å². The van der Waals surface area contributed by atoms with Crippen molar-refractivity contribution in [3.8, 4) is 0 Å². The summed E-state index contributed by atoms with van der Waals surface area (Å²) in [4.78, 5) is 14.7. The first-order valence-corrected chi connectivity index (χ1v) is 6.09. The summed E-state index contributed by atoms with van der Waals surface area (Å²) in [6.07, 6.45) is 7.14. The second-order valence-corrected chi connectivity index (χ2v) is 4.37. The minimum Gasteiger partial charge on any atom is -0.303 e. The third-order valence-electron chi connectivity index (χ3n) is 3.14.